The van der Waals surface area contributed by atoms with Gasteiger partial charge in [-0.3, -0.25) is 0 Å². The molecule has 2 aliphatic rings. The average Bonchev–Trinajstić information content (AvgIpc) is 4.22. The molecule has 4 aromatic heterocycles. The fraction of sp³-hybridized carbons (Fsp3) is 0.0156. The minimum absolute atomic E-state index is 0.470. The number of aromatic nitrogens is 4. The summed E-state index contributed by atoms with van der Waals surface area (Å²) in [5.74, 6) is 1.61. The lowest BCUT2D eigenvalue weighted by molar-refractivity contribution is 0.668. The van der Waals surface area contributed by atoms with Gasteiger partial charge in [0.25, 0.3) is 0 Å². The fourth-order valence-corrected chi connectivity index (χ4v) is 12.2. The lowest BCUT2D eigenvalue weighted by Crippen LogP contribution is -2.25. The van der Waals surface area contributed by atoms with E-state index in [0.717, 1.165) is 71.8 Å². The molecule has 0 radical (unpaired) electrons. The Morgan fingerprint density at radius 1 is 0.343 bits per heavy atom. The number of hydrogen-bond donors (Lipinski definition) is 0. The smallest absolute Gasteiger partial charge is 0.167 e. The molecule has 0 fully saturated rings. The highest BCUT2D eigenvalue weighted by Crippen LogP contribution is 2.64. The van der Waals surface area contributed by atoms with E-state index < -0.39 is 5.41 Å². The molecule has 2 aliphatic carbocycles. The number of furan rings is 2. The Balaban J connectivity index is 0.943. The van der Waals surface area contributed by atoms with Crippen LogP contribution in [0, 0.1) is 0 Å². The highest BCUT2D eigenvalue weighted by molar-refractivity contribution is 6.17. The van der Waals surface area contributed by atoms with Gasteiger partial charge in [0.15, 0.2) is 17.5 Å². The summed E-state index contributed by atoms with van der Waals surface area (Å²) in [4.78, 5) is 15.9. The van der Waals surface area contributed by atoms with Gasteiger partial charge in [-0.05, 0) is 87.5 Å². The van der Waals surface area contributed by atoms with Crippen LogP contribution in [0.5, 0.6) is 0 Å². The summed E-state index contributed by atoms with van der Waals surface area (Å²) in [6, 6.07) is 77.9. The van der Waals surface area contributed by atoms with Crippen LogP contribution in [0.3, 0.4) is 0 Å². The summed E-state index contributed by atoms with van der Waals surface area (Å²) in [5.41, 5.74) is 18.8. The lowest BCUT2D eigenvalue weighted by Gasteiger charge is -2.30. The van der Waals surface area contributed by atoms with Gasteiger partial charge in [-0.2, -0.15) is 0 Å². The van der Waals surface area contributed by atoms with Crippen molar-refractivity contribution < 1.29 is 8.83 Å². The number of rotatable bonds is 4. The van der Waals surface area contributed by atoms with Crippen molar-refractivity contribution in [3.63, 3.8) is 0 Å². The Labute approximate surface area is 400 Å². The van der Waals surface area contributed by atoms with E-state index in [-0.39, 0.29) is 0 Å². The molecular formula is C64H36N4O2. The van der Waals surface area contributed by atoms with E-state index in [2.05, 4.69) is 174 Å². The first kappa shape index (κ1) is 37.7. The summed E-state index contributed by atoms with van der Waals surface area (Å²) in [7, 11) is 0. The summed E-state index contributed by atoms with van der Waals surface area (Å²) < 4.78 is 15.4. The molecule has 0 bridgehead atoms. The van der Waals surface area contributed by atoms with Crippen LogP contribution in [-0.2, 0) is 5.41 Å². The van der Waals surface area contributed by atoms with E-state index in [4.69, 9.17) is 23.8 Å². The average molecular weight is 893 g/mol. The van der Waals surface area contributed by atoms with Crippen LogP contribution in [0.1, 0.15) is 22.3 Å². The highest BCUT2D eigenvalue weighted by Gasteiger charge is 2.52. The minimum atomic E-state index is -0.470. The standard InChI is InChI=1S/C64H36N4O2/c1-7-25-50-40(17-1)41-18-2-8-26-51(41)64(50)52-27-9-3-22-48(52)58-53(64)34-33-46-42-19-4-10-28-54(42)68(59(46)58)39-16-13-15-37(35-39)61-65-62(38-31-32-45-43-20-5-11-29-55(43)69-57(45)36-38)67-63(66-61)49-24-14-23-47-44-21-6-12-30-56(44)70-60(47)49/h1-36H. The van der Waals surface area contributed by atoms with Gasteiger partial charge in [-0.1, -0.05) is 170 Å². The number of hydrogen-bond acceptors (Lipinski definition) is 5. The molecule has 0 aliphatic heterocycles. The normalized spacial score (nSPS) is 13.3. The van der Waals surface area contributed by atoms with Crippen LogP contribution in [0.15, 0.2) is 227 Å². The quantitative estimate of drug-likeness (QED) is 0.176. The molecule has 0 saturated heterocycles. The van der Waals surface area contributed by atoms with Crippen LogP contribution in [0.2, 0.25) is 0 Å². The highest BCUT2D eigenvalue weighted by atomic mass is 16.3. The molecule has 1 spiro atoms. The maximum atomic E-state index is 6.59. The van der Waals surface area contributed by atoms with E-state index in [1.54, 1.807) is 0 Å². The third-order valence-electron chi connectivity index (χ3n) is 15.1. The van der Waals surface area contributed by atoms with Crippen molar-refractivity contribution in [2.75, 3.05) is 0 Å². The van der Waals surface area contributed by atoms with Crippen LogP contribution in [0.4, 0.5) is 0 Å². The minimum Gasteiger partial charge on any atom is -0.456 e. The van der Waals surface area contributed by atoms with Gasteiger partial charge in [0.05, 0.1) is 22.0 Å². The first-order valence-corrected chi connectivity index (χ1v) is 23.8. The monoisotopic (exact) mass is 892 g/mol. The van der Waals surface area contributed by atoms with Crippen LogP contribution >= 0.6 is 0 Å². The lowest BCUT2D eigenvalue weighted by atomic mass is 9.70. The molecule has 0 saturated carbocycles. The molecular weight excluding hydrogens is 857 g/mol. The van der Waals surface area contributed by atoms with E-state index in [0.29, 0.717) is 17.5 Å². The van der Waals surface area contributed by atoms with Gasteiger partial charge in [-0.25, -0.2) is 15.0 Å². The molecule has 0 amide bonds. The maximum Gasteiger partial charge on any atom is 0.167 e. The molecule has 14 aromatic rings. The van der Waals surface area contributed by atoms with Gasteiger partial charge in [-0.15, -0.1) is 0 Å². The molecule has 6 heteroatoms. The molecule has 6 nitrogen and oxygen atoms in total. The summed E-state index contributed by atoms with van der Waals surface area (Å²) in [6.07, 6.45) is 0. The molecule has 70 heavy (non-hydrogen) atoms. The molecule has 10 aromatic carbocycles. The zero-order valence-electron chi connectivity index (χ0n) is 37.4. The van der Waals surface area contributed by atoms with Crippen LogP contribution in [-0.4, -0.2) is 19.5 Å². The van der Waals surface area contributed by atoms with Gasteiger partial charge < -0.3 is 13.4 Å². The van der Waals surface area contributed by atoms with Crippen molar-refractivity contribution in [2.45, 2.75) is 5.41 Å². The third kappa shape index (κ3) is 4.93. The predicted molar refractivity (Wildman–Crippen MR) is 281 cm³/mol. The second-order valence-corrected chi connectivity index (χ2v) is 18.6. The fourth-order valence-electron chi connectivity index (χ4n) is 12.2. The zero-order valence-corrected chi connectivity index (χ0v) is 37.4. The zero-order chi connectivity index (χ0) is 45.7. The topological polar surface area (TPSA) is 69.9 Å². The van der Waals surface area contributed by atoms with Crippen molar-refractivity contribution in [1.82, 2.24) is 19.5 Å². The summed E-state index contributed by atoms with van der Waals surface area (Å²) in [6.45, 7) is 0. The van der Waals surface area contributed by atoms with Gasteiger partial charge in [0.1, 0.15) is 22.3 Å². The van der Waals surface area contributed by atoms with Gasteiger partial charge in [0, 0.05) is 54.7 Å². The predicted octanol–water partition coefficient (Wildman–Crippen LogP) is 16.1. The van der Waals surface area contributed by atoms with Crippen molar-refractivity contribution in [3.8, 4) is 62.1 Å². The van der Waals surface area contributed by atoms with E-state index in [9.17, 15) is 0 Å². The SMILES string of the molecule is c1cc(-c2nc(-c3ccc4c(c3)oc3ccccc34)nc(-c3cccc4c3oc3ccccc34)n2)cc(-n2c3ccccc3c3ccc4c(c32)-c2ccccc2C42c3ccccc3-c3ccccc32)c1. The molecule has 0 N–H and O–H groups in total. The third-order valence-corrected chi connectivity index (χ3v) is 15.1. The Morgan fingerprint density at radius 2 is 0.886 bits per heavy atom. The second-order valence-electron chi connectivity index (χ2n) is 18.6. The van der Waals surface area contributed by atoms with E-state index >= 15 is 0 Å². The second kappa shape index (κ2) is 13.8. The Morgan fingerprint density at radius 3 is 1.66 bits per heavy atom. The van der Waals surface area contributed by atoms with Crippen molar-refractivity contribution in [1.29, 1.82) is 0 Å². The number of benzene rings is 10. The largest absolute Gasteiger partial charge is 0.456 e. The van der Waals surface area contributed by atoms with Crippen LogP contribution < -0.4 is 0 Å². The summed E-state index contributed by atoms with van der Waals surface area (Å²) >= 11 is 0. The Bertz CT molecular complexity index is 4530. The molecule has 16 rings (SSSR count). The Kier molecular flexibility index (Phi) is 7.45. The van der Waals surface area contributed by atoms with Gasteiger partial charge in [0.2, 0.25) is 0 Å². The molecule has 0 atom stereocenters. The molecule has 0 unspecified atom stereocenters. The molecule has 324 valence electrons. The first-order chi connectivity index (χ1) is 34.7. The van der Waals surface area contributed by atoms with E-state index in [1.807, 2.05) is 48.5 Å². The van der Waals surface area contributed by atoms with Crippen molar-refractivity contribution in [2.24, 2.45) is 0 Å². The Hall–Kier alpha value is -9.39. The summed E-state index contributed by atoms with van der Waals surface area (Å²) in [5, 5.41) is 6.57. The maximum absolute atomic E-state index is 6.59. The van der Waals surface area contributed by atoms with Crippen LogP contribution in [0.25, 0.3) is 128 Å². The number of fused-ring (bicyclic) bond motifs is 20. The first-order valence-electron chi connectivity index (χ1n) is 23.8. The van der Waals surface area contributed by atoms with Crippen molar-refractivity contribution in [3.05, 3.63) is 241 Å². The number of nitrogens with zero attached hydrogens (tertiary/aromatic N) is 4. The van der Waals surface area contributed by atoms with Crippen molar-refractivity contribution >= 4 is 65.7 Å². The van der Waals surface area contributed by atoms with E-state index in [1.165, 1.54) is 60.8 Å². The van der Waals surface area contributed by atoms with Gasteiger partial charge >= 0.3 is 0 Å². The molecule has 4 heterocycles. The number of para-hydroxylation sites is 4.